The van der Waals surface area contributed by atoms with Crippen LogP contribution in [0, 0.1) is 0 Å². The molecule has 0 unspecified atom stereocenters. The summed E-state index contributed by atoms with van der Waals surface area (Å²) in [4.78, 5) is 31.8. The summed E-state index contributed by atoms with van der Waals surface area (Å²) >= 11 is 0. The first kappa shape index (κ1) is 19.4. The second-order valence-electron chi connectivity index (χ2n) is 6.42. The molecule has 3 aromatic rings. The predicted molar refractivity (Wildman–Crippen MR) is 112 cm³/mol. The molecule has 4 rings (SSSR count). The number of carbonyl (C=O) groups is 1. The summed E-state index contributed by atoms with van der Waals surface area (Å²) in [5.41, 5.74) is 1.93. The van der Waals surface area contributed by atoms with Gasteiger partial charge in [-0.3, -0.25) is 10.2 Å². The van der Waals surface area contributed by atoms with E-state index in [0.29, 0.717) is 35.3 Å². The Kier molecular flexibility index (Phi) is 5.55. The molecule has 1 aliphatic rings. The van der Waals surface area contributed by atoms with Crippen molar-refractivity contribution in [2.24, 2.45) is 0 Å². The lowest BCUT2D eigenvalue weighted by molar-refractivity contribution is 0.256. The van der Waals surface area contributed by atoms with Crippen molar-refractivity contribution in [3.63, 3.8) is 0 Å². The van der Waals surface area contributed by atoms with Crippen molar-refractivity contribution in [3.8, 4) is 23.1 Å². The van der Waals surface area contributed by atoms with Gasteiger partial charge in [0.25, 0.3) is 0 Å². The highest BCUT2D eigenvalue weighted by Gasteiger charge is 2.24. The number of hydrogen-bond acceptors (Lipinski definition) is 8. The Morgan fingerprint density at radius 1 is 1.13 bits per heavy atom. The molecule has 0 saturated heterocycles. The molecule has 1 aliphatic heterocycles. The van der Waals surface area contributed by atoms with Crippen LogP contribution < -0.4 is 25.0 Å². The Morgan fingerprint density at radius 3 is 2.80 bits per heavy atom. The number of hydrogen-bond donors (Lipinski definition) is 2. The van der Waals surface area contributed by atoms with Crippen molar-refractivity contribution < 1.29 is 14.3 Å². The topological polar surface area (TPSA) is 114 Å². The first-order valence-electron chi connectivity index (χ1n) is 9.39. The van der Waals surface area contributed by atoms with Gasteiger partial charge in [0, 0.05) is 25.5 Å². The molecule has 3 aromatic heterocycles. The number of amides is 2. The maximum Gasteiger partial charge on any atom is 0.328 e. The first-order valence-corrected chi connectivity index (χ1v) is 9.39. The van der Waals surface area contributed by atoms with Crippen molar-refractivity contribution in [2.75, 3.05) is 42.8 Å². The molecule has 10 nitrogen and oxygen atoms in total. The van der Waals surface area contributed by atoms with E-state index in [1.807, 2.05) is 18.2 Å². The van der Waals surface area contributed by atoms with Gasteiger partial charge in [-0.1, -0.05) is 6.07 Å². The van der Waals surface area contributed by atoms with Crippen LogP contribution in [0.3, 0.4) is 0 Å². The van der Waals surface area contributed by atoms with Gasteiger partial charge < -0.3 is 14.8 Å². The average molecular weight is 407 g/mol. The van der Waals surface area contributed by atoms with Crippen molar-refractivity contribution in [1.82, 2.24) is 19.9 Å². The van der Waals surface area contributed by atoms with Gasteiger partial charge in [0.2, 0.25) is 5.88 Å². The number of ether oxygens (including phenoxy) is 2. The number of methoxy groups -OCH3 is 2. The molecular formula is C20H21N7O3. The van der Waals surface area contributed by atoms with Crippen molar-refractivity contribution >= 4 is 23.4 Å². The minimum atomic E-state index is -0.304. The fourth-order valence-corrected chi connectivity index (χ4v) is 3.10. The quantitative estimate of drug-likeness (QED) is 0.679. The zero-order chi connectivity index (χ0) is 20.9. The van der Waals surface area contributed by atoms with Crippen molar-refractivity contribution in [3.05, 3.63) is 42.7 Å². The molecule has 0 aromatic carbocycles. The monoisotopic (exact) mass is 407 g/mol. The smallest absolute Gasteiger partial charge is 0.328 e. The lowest BCUT2D eigenvalue weighted by atomic mass is 10.2. The minimum absolute atomic E-state index is 0.198. The standard InChI is InChI=1S/C20H21N7O3/c1-29-18-13(12-23-19(26-18)30-2)14-7-8-15-17(24-14)27(11-5-10-21-15)20(28)25-16-6-3-4-9-22-16/h3-4,6-9,12,21H,5,10-11H2,1-2H3,(H,22,25,28). The van der Waals surface area contributed by atoms with Gasteiger partial charge in [-0.2, -0.15) is 4.98 Å². The number of pyridine rings is 2. The van der Waals surface area contributed by atoms with E-state index in [2.05, 4.69) is 25.6 Å². The summed E-state index contributed by atoms with van der Waals surface area (Å²) in [6.45, 7) is 1.24. The highest BCUT2D eigenvalue weighted by Crippen LogP contribution is 2.33. The molecule has 0 bridgehead atoms. The molecule has 2 N–H and O–H groups in total. The third-order valence-corrected chi connectivity index (χ3v) is 4.53. The van der Waals surface area contributed by atoms with E-state index < -0.39 is 0 Å². The molecule has 4 heterocycles. The number of rotatable bonds is 4. The van der Waals surface area contributed by atoms with E-state index in [-0.39, 0.29) is 12.0 Å². The molecule has 0 atom stereocenters. The Balaban J connectivity index is 1.71. The molecule has 0 fully saturated rings. The van der Waals surface area contributed by atoms with Gasteiger partial charge in [0.05, 0.1) is 31.2 Å². The van der Waals surface area contributed by atoms with Crippen LogP contribution in [0.1, 0.15) is 6.42 Å². The predicted octanol–water partition coefficient (Wildman–Crippen LogP) is 2.80. The zero-order valence-electron chi connectivity index (χ0n) is 16.6. The van der Waals surface area contributed by atoms with Crippen molar-refractivity contribution in [1.29, 1.82) is 0 Å². The molecule has 0 saturated carbocycles. The number of urea groups is 1. The number of nitrogens with zero attached hydrogens (tertiary/aromatic N) is 5. The van der Waals surface area contributed by atoms with Gasteiger partial charge in [0.1, 0.15) is 5.82 Å². The molecule has 2 amide bonds. The van der Waals surface area contributed by atoms with Crippen LogP contribution in [0.15, 0.2) is 42.7 Å². The SMILES string of the molecule is COc1ncc(-c2ccc3c(n2)N(C(=O)Nc2ccccn2)CCCN3)c(OC)n1. The molecule has 0 spiro atoms. The fourth-order valence-electron chi connectivity index (χ4n) is 3.10. The second kappa shape index (κ2) is 8.60. The van der Waals surface area contributed by atoms with E-state index in [9.17, 15) is 4.79 Å². The van der Waals surface area contributed by atoms with Crippen LogP contribution in [0.25, 0.3) is 11.3 Å². The van der Waals surface area contributed by atoms with Gasteiger partial charge >= 0.3 is 12.0 Å². The lowest BCUT2D eigenvalue weighted by Gasteiger charge is -2.22. The van der Waals surface area contributed by atoms with E-state index in [0.717, 1.165) is 18.7 Å². The Hall–Kier alpha value is -3.95. The summed E-state index contributed by atoms with van der Waals surface area (Å²) in [5.74, 6) is 1.32. The minimum Gasteiger partial charge on any atom is -0.480 e. The average Bonchev–Trinajstić information content (AvgIpc) is 3.01. The molecular weight excluding hydrogens is 386 g/mol. The summed E-state index contributed by atoms with van der Waals surface area (Å²) < 4.78 is 10.4. The van der Waals surface area contributed by atoms with E-state index in [1.165, 1.54) is 14.2 Å². The largest absolute Gasteiger partial charge is 0.480 e. The van der Waals surface area contributed by atoms with E-state index in [1.54, 1.807) is 29.4 Å². The Labute approximate surface area is 173 Å². The van der Waals surface area contributed by atoms with Gasteiger partial charge in [-0.25, -0.2) is 19.7 Å². The maximum atomic E-state index is 13.0. The first-order chi connectivity index (χ1) is 14.7. The lowest BCUT2D eigenvalue weighted by Crippen LogP contribution is -2.36. The molecule has 0 aliphatic carbocycles. The highest BCUT2D eigenvalue weighted by molar-refractivity contribution is 6.02. The summed E-state index contributed by atoms with van der Waals surface area (Å²) in [6.07, 6.45) is 3.98. The maximum absolute atomic E-state index is 13.0. The number of anilines is 3. The highest BCUT2D eigenvalue weighted by atomic mass is 16.5. The van der Waals surface area contributed by atoms with Crippen LogP contribution in [0.5, 0.6) is 11.9 Å². The van der Waals surface area contributed by atoms with Crippen LogP contribution in [-0.4, -0.2) is 53.3 Å². The van der Waals surface area contributed by atoms with Crippen LogP contribution >= 0.6 is 0 Å². The van der Waals surface area contributed by atoms with Crippen LogP contribution in [0.4, 0.5) is 22.1 Å². The number of fused-ring (bicyclic) bond motifs is 1. The number of carbonyl (C=O) groups excluding carboxylic acids is 1. The number of nitrogens with one attached hydrogen (secondary N) is 2. The van der Waals surface area contributed by atoms with Crippen LogP contribution in [0.2, 0.25) is 0 Å². The van der Waals surface area contributed by atoms with Gasteiger partial charge in [-0.15, -0.1) is 0 Å². The zero-order valence-corrected chi connectivity index (χ0v) is 16.6. The van der Waals surface area contributed by atoms with Gasteiger partial charge in [-0.05, 0) is 30.7 Å². The molecule has 0 radical (unpaired) electrons. The Bertz CT molecular complexity index is 1050. The normalized spacial score (nSPS) is 12.9. The summed E-state index contributed by atoms with van der Waals surface area (Å²) in [5, 5.41) is 6.14. The molecule has 30 heavy (non-hydrogen) atoms. The second-order valence-corrected chi connectivity index (χ2v) is 6.42. The third kappa shape index (κ3) is 3.93. The Morgan fingerprint density at radius 2 is 2.03 bits per heavy atom. The number of aromatic nitrogens is 4. The molecule has 10 heteroatoms. The van der Waals surface area contributed by atoms with Crippen molar-refractivity contribution in [2.45, 2.75) is 6.42 Å². The van der Waals surface area contributed by atoms with Crippen LogP contribution in [-0.2, 0) is 0 Å². The van der Waals surface area contributed by atoms with E-state index in [4.69, 9.17) is 14.5 Å². The van der Waals surface area contributed by atoms with Gasteiger partial charge in [0.15, 0.2) is 5.82 Å². The summed E-state index contributed by atoms with van der Waals surface area (Å²) in [6, 6.07) is 8.95. The fraction of sp³-hybridized carbons (Fsp3) is 0.250. The molecule has 154 valence electrons. The third-order valence-electron chi connectivity index (χ3n) is 4.53. The van der Waals surface area contributed by atoms with E-state index >= 15 is 0 Å². The summed E-state index contributed by atoms with van der Waals surface area (Å²) in [7, 11) is 3.00.